The van der Waals surface area contributed by atoms with Gasteiger partial charge >= 0.3 is 6.03 Å². The Morgan fingerprint density at radius 3 is 2.78 bits per heavy atom. The summed E-state index contributed by atoms with van der Waals surface area (Å²) in [7, 11) is 0. The second-order valence-corrected chi connectivity index (χ2v) is 6.46. The van der Waals surface area contributed by atoms with Crippen LogP contribution in [-0.2, 0) is 0 Å². The molecule has 2 aromatic rings. The van der Waals surface area contributed by atoms with Gasteiger partial charge in [0.25, 0.3) is 0 Å². The number of hydrogen-bond acceptors (Lipinski definition) is 3. The predicted octanol–water partition coefficient (Wildman–Crippen LogP) is 2.43. The number of benzene rings is 1. The number of amides is 2. The van der Waals surface area contributed by atoms with Gasteiger partial charge in [-0.15, -0.1) is 0 Å². The average molecular weight is 316 g/mol. The number of aromatic nitrogens is 2. The molecule has 0 radical (unpaired) electrons. The van der Waals surface area contributed by atoms with Crippen LogP contribution in [0.25, 0.3) is 11.0 Å². The lowest BCUT2D eigenvalue weighted by molar-refractivity contribution is 0.167. The Morgan fingerprint density at radius 1 is 1.43 bits per heavy atom. The van der Waals surface area contributed by atoms with E-state index in [0.717, 1.165) is 29.7 Å². The second kappa shape index (κ2) is 6.58. The largest absolute Gasteiger partial charge is 0.395 e. The van der Waals surface area contributed by atoms with Crippen molar-refractivity contribution in [2.75, 3.05) is 13.2 Å². The van der Waals surface area contributed by atoms with Gasteiger partial charge in [0.05, 0.1) is 23.7 Å². The number of nitrogens with zero attached hydrogens (tertiary/aromatic N) is 2. The summed E-state index contributed by atoms with van der Waals surface area (Å²) in [5.74, 6) is 0.976. The van der Waals surface area contributed by atoms with Crippen molar-refractivity contribution in [3.63, 3.8) is 0 Å². The van der Waals surface area contributed by atoms with Crippen LogP contribution < -0.4 is 5.32 Å². The third-order valence-corrected chi connectivity index (χ3v) is 4.24. The zero-order valence-electron chi connectivity index (χ0n) is 13.6. The smallest absolute Gasteiger partial charge is 0.318 e. The van der Waals surface area contributed by atoms with E-state index in [4.69, 9.17) is 0 Å². The van der Waals surface area contributed by atoms with Crippen LogP contribution in [0.2, 0.25) is 0 Å². The molecule has 1 heterocycles. The summed E-state index contributed by atoms with van der Waals surface area (Å²) in [6, 6.07) is 7.81. The molecule has 1 fully saturated rings. The minimum atomic E-state index is -0.185. The monoisotopic (exact) mass is 316 g/mol. The number of imidazole rings is 1. The number of H-pyrrole nitrogens is 1. The van der Waals surface area contributed by atoms with Crippen LogP contribution in [0.3, 0.4) is 0 Å². The highest BCUT2D eigenvalue weighted by Gasteiger charge is 2.34. The molecule has 0 spiro atoms. The van der Waals surface area contributed by atoms with Crippen molar-refractivity contribution in [3.05, 3.63) is 30.1 Å². The van der Waals surface area contributed by atoms with Gasteiger partial charge in [-0.05, 0) is 30.9 Å². The lowest BCUT2D eigenvalue weighted by Crippen LogP contribution is -2.45. The standard InChI is InChI=1S/C17H24N4O2/c1-11(2)15(16-18-13-5-3-4-6-14(13)19-16)20-17(23)21(9-10-22)12-7-8-12/h3-6,11-12,15,22H,7-10H2,1-2H3,(H,18,19)(H,20,23). The lowest BCUT2D eigenvalue weighted by atomic mass is 10.0. The Labute approximate surface area is 135 Å². The average Bonchev–Trinajstić information content (AvgIpc) is 3.27. The van der Waals surface area contributed by atoms with Crippen LogP contribution in [0, 0.1) is 5.92 Å². The highest BCUT2D eigenvalue weighted by Crippen LogP contribution is 2.28. The molecule has 6 heteroatoms. The number of carbonyl (C=O) groups is 1. The van der Waals surface area contributed by atoms with Crippen LogP contribution in [0.1, 0.15) is 38.6 Å². The van der Waals surface area contributed by atoms with Gasteiger partial charge in [-0.3, -0.25) is 0 Å². The number of urea groups is 1. The second-order valence-electron chi connectivity index (χ2n) is 6.46. The molecule has 23 heavy (non-hydrogen) atoms. The molecule has 1 unspecified atom stereocenters. The number of aliphatic hydroxyl groups excluding tert-OH is 1. The number of hydrogen-bond donors (Lipinski definition) is 3. The molecule has 1 aromatic heterocycles. The van der Waals surface area contributed by atoms with E-state index in [1.54, 1.807) is 4.90 Å². The summed E-state index contributed by atoms with van der Waals surface area (Å²) in [5.41, 5.74) is 1.87. The summed E-state index contributed by atoms with van der Waals surface area (Å²) < 4.78 is 0. The predicted molar refractivity (Wildman–Crippen MR) is 89.0 cm³/mol. The van der Waals surface area contributed by atoms with Crippen molar-refractivity contribution in [1.29, 1.82) is 0 Å². The number of fused-ring (bicyclic) bond motifs is 1. The van der Waals surface area contributed by atoms with E-state index >= 15 is 0 Å². The fraction of sp³-hybridized carbons (Fsp3) is 0.529. The SMILES string of the molecule is CC(C)C(NC(=O)N(CCO)C1CC1)c1nc2ccccc2[nH]1. The van der Waals surface area contributed by atoms with Crippen molar-refractivity contribution in [3.8, 4) is 0 Å². The van der Waals surface area contributed by atoms with E-state index < -0.39 is 0 Å². The van der Waals surface area contributed by atoms with Gasteiger partial charge in [-0.2, -0.15) is 0 Å². The zero-order valence-corrected chi connectivity index (χ0v) is 13.6. The molecule has 3 rings (SSSR count). The first-order chi connectivity index (χ1) is 11.1. The maximum absolute atomic E-state index is 12.6. The number of rotatable bonds is 6. The molecular formula is C17H24N4O2. The molecule has 1 aliphatic rings. The quantitative estimate of drug-likeness (QED) is 0.765. The van der Waals surface area contributed by atoms with Crippen LogP contribution in [0.4, 0.5) is 4.79 Å². The van der Waals surface area contributed by atoms with Gasteiger partial charge in [-0.1, -0.05) is 26.0 Å². The van der Waals surface area contributed by atoms with Crippen molar-refractivity contribution < 1.29 is 9.90 Å². The van der Waals surface area contributed by atoms with Crippen LogP contribution in [0.5, 0.6) is 0 Å². The number of aliphatic hydroxyl groups is 1. The summed E-state index contributed by atoms with van der Waals surface area (Å²) in [4.78, 5) is 22.2. The fourth-order valence-electron chi connectivity index (χ4n) is 2.83. The first-order valence-corrected chi connectivity index (χ1v) is 8.22. The molecule has 124 valence electrons. The topological polar surface area (TPSA) is 81.2 Å². The van der Waals surface area contributed by atoms with E-state index in [0.29, 0.717) is 6.54 Å². The maximum atomic E-state index is 12.6. The summed E-state index contributed by atoms with van der Waals surface area (Å²) in [5, 5.41) is 12.3. The summed E-state index contributed by atoms with van der Waals surface area (Å²) in [6.07, 6.45) is 2.04. The van der Waals surface area contributed by atoms with E-state index in [9.17, 15) is 9.90 Å². The van der Waals surface area contributed by atoms with Gasteiger partial charge < -0.3 is 20.3 Å². The Kier molecular flexibility index (Phi) is 4.52. The van der Waals surface area contributed by atoms with Crippen LogP contribution in [0.15, 0.2) is 24.3 Å². The molecule has 2 amide bonds. The van der Waals surface area contributed by atoms with Crippen LogP contribution >= 0.6 is 0 Å². The van der Waals surface area contributed by atoms with Gasteiger partial charge in [0, 0.05) is 12.6 Å². The third-order valence-electron chi connectivity index (χ3n) is 4.24. The molecule has 1 saturated carbocycles. The first-order valence-electron chi connectivity index (χ1n) is 8.22. The molecule has 1 atom stereocenters. The van der Waals surface area contributed by atoms with E-state index in [1.807, 2.05) is 24.3 Å². The third kappa shape index (κ3) is 3.47. The van der Waals surface area contributed by atoms with E-state index in [2.05, 4.69) is 29.1 Å². The number of carbonyl (C=O) groups excluding carboxylic acids is 1. The fourth-order valence-corrected chi connectivity index (χ4v) is 2.83. The number of aromatic amines is 1. The van der Waals surface area contributed by atoms with Gasteiger partial charge in [0.2, 0.25) is 0 Å². The van der Waals surface area contributed by atoms with Crippen molar-refractivity contribution in [1.82, 2.24) is 20.2 Å². The Bertz CT molecular complexity index is 645. The molecule has 3 N–H and O–H groups in total. The van der Waals surface area contributed by atoms with E-state index in [-0.39, 0.29) is 30.6 Å². The lowest BCUT2D eigenvalue weighted by Gasteiger charge is -2.27. The summed E-state index contributed by atoms with van der Waals surface area (Å²) >= 11 is 0. The maximum Gasteiger partial charge on any atom is 0.318 e. The molecule has 1 aromatic carbocycles. The van der Waals surface area contributed by atoms with Gasteiger partial charge in [0.15, 0.2) is 0 Å². The molecule has 0 bridgehead atoms. The Balaban J connectivity index is 1.79. The van der Waals surface area contributed by atoms with E-state index in [1.165, 1.54) is 0 Å². The normalized spacial score (nSPS) is 15.8. The Hall–Kier alpha value is -2.08. The molecule has 0 saturated heterocycles. The van der Waals surface area contributed by atoms with Crippen molar-refractivity contribution >= 4 is 17.1 Å². The molecule has 1 aliphatic carbocycles. The minimum Gasteiger partial charge on any atom is -0.395 e. The Morgan fingerprint density at radius 2 is 2.17 bits per heavy atom. The molecule has 6 nitrogen and oxygen atoms in total. The number of nitrogens with one attached hydrogen (secondary N) is 2. The van der Waals surface area contributed by atoms with Crippen molar-refractivity contribution in [2.45, 2.75) is 38.8 Å². The van der Waals surface area contributed by atoms with Crippen molar-refractivity contribution in [2.24, 2.45) is 5.92 Å². The number of para-hydroxylation sites is 2. The highest BCUT2D eigenvalue weighted by atomic mass is 16.3. The van der Waals surface area contributed by atoms with Gasteiger partial charge in [-0.25, -0.2) is 9.78 Å². The van der Waals surface area contributed by atoms with Crippen LogP contribution in [-0.4, -0.2) is 45.2 Å². The zero-order chi connectivity index (χ0) is 16.4. The molecular weight excluding hydrogens is 292 g/mol. The minimum absolute atomic E-state index is 0.0130. The summed E-state index contributed by atoms with van der Waals surface area (Å²) in [6.45, 7) is 4.49. The molecule has 0 aliphatic heterocycles. The highest BCUT2D eigenvalue weighted by molar-refractivity contribution is 5.77. The van der Waals surface area contributed by atoms with Gasteiger partial charge in [0.1, 0.15) is 5.82 Å². The first kappa shape index (κ1) is 15.8.